The van der Waals surface area contributed by atoms with Crippen LogP contribution in [0.4, 0.5) is 0 Å². The lowest BCUT2D eigenvalue weighted by Gasteiger charge is -2.33. The first kappa shape index (κ1) is 19.6. The number of carbonyl (C=O) groups excluding carboxylic acids is 1. The Hall–Kier alpha value is -1.68. The molecule has 0 amide bonds. The molecule has 1 saturated carbocycles. The number of rotatable bonds is 7. The lowest BCUT2D eigenvalue weighted by atomic mass is 9.69. The smallest absolute Gasteiger partial charge is 0.314 e. The zero-order chi connectivity index (χ0) is 18.6. The quantitative estimate of drug-likeness (QED) is 0.816. The standard InChI is InChI=1S/C21H31NO3/c1-15(2)22(16(3)4)14-11-17-5-7-18(8-6-17)21(20(24)25)12-9-19(23)10-13-21/h5-8,15-16H,9-14H2,1-4H3,(H,24,25). The minimum absolute atomic E-state index is 0.177. The molecule has 1 aliphatic rings. The van der Waals surface area contributed by atoms with Crippen molar-refractivity contribution in [1.29, 1.82) is 0 Å². The molecule has 2 rings (SSSR count). The molecular formula is C21H31NO3. The minimum atomic E-state index is -0.895. The van der Waals surface area contributed by atoms with Gasteiger partial charge in [-0.3, -0.25) is 14.5 Å². The van der Waals surface area contributed by atoms with E-state index in [0.29, 0.717) is 37.8 Å². The summed E-state index contributed by atoms with van der Waals surface area (Å²) in [5.74, 6) is -0.630. The van der Waals surface area contributed by atoms with Crippen LogP contribution in [0, 0.1) is 0 Å². The van der Waals surface area contributed by atoms with E-state index in [9.17, 15) is 14.7 Å². The number of carbonyl (C=O) groups is 2. The highest BCUT2D eigenvalue weighted by atomic mass is 16.4. The zero-order valence-corrected chi connectivity index (χ0v) is 15.9. The Bertz CT molecular complexity index is 586. The molecule has 0 spiro atoms. The van der Waals surface area contributed by atoms with Crippen LogP contribution in [0.5, 0.6) is 0 Å². The number of carboxylic acids is 1. The number of hydrogen-bond donors (Lipinski definition) is 1. The summed E-state index contributed by atoms with van der Waals surface area (Å²) in [6.07, 6.45) is 2.51. The van der Waals surface area contributed by atoms with E-state index < -0.39 is 11.4 Å². The van der Waals surface area contributed by atoms with E-state index in [-0.39, 0.29) is 5.78 Å². The second-order valence-electron chi connectivity index (χ2n) is 7.80. The summed E-state index contributed by atoms with van der Waals surface area (Å²) in [6, 6.07) is 9.02. The lowest BCUT2D eigenvalue weighted by Crippen LogP contribution is -2.40. The van der Waals surface area contributed by atoms with Crippen LogP contribution >= 0.6 is 0 Å². The molecule has 0 unspecified atom stereocenters. The maximum Gasteiger partial charge on any atom is 0.314 e. The van der Waals surface area contributed by atoms with E-state index in [1.807, 2.05) is 12.1 Å². The number of ketones is 1. The molecule has 0 heterocycles. The normalized spacial score (nSPS) is 17.5. The van der Waals surface area contributed by atoms with Gasteiger partial charge >= 0.3 is 5.97 Å². The summed E-state index contributed by atoms with van der Waals surface area (Å²) in [7, 11) is 0. The summed E-state index contributed by atoms with van der Waals surface area (Å²) < 4.78 is 0. The van der Waals surface area contributed by atoms with Crippen LogP contribution in [0.2, 0.25) is 0 Å². The molecule has 0 radical (unpaired) electrons. The molecule has 138 valence electrons. The molecule has 0 aliphatic heterocycles. The molecular weight excluding hydrogens is 314 g/mol. The number of carboxylic acid groups (broad SMARTS) is 1. The first-order valence-electron chi connectivity index (χ1n) is 9.36. The number of hydrogen-bond acceptors (Lipinski definition) is 3. The highest BCUT2D eigenvalue weighted by molar-refractivity contribution is 5.87. The first-order chi connectivity index (χ1) is 11.8. The van der Waals surface area contributed by atoms with E-state index in [1.165, 1.54) is 5.56 Å². The van der Waals surface area contributed by atoms with Crippen LogP contribution in [0.3, 0.4) is 0 Å². The van der Waals surface area contributed by atoms with Crippen molar-refractivity contribution >= 4 is 11.8 Å². The average molecular weight is 345 g/mol. The molecule has 4 heteroatoms. The number of aliphatic carboxylic acids is 1. The molecule has 4 nitrogen and oxygen atoms in total. The molecule has 0 aromatic heterocycles. The Morgan fingerprint density at radius 1 is 1.08 bits per heavy atom. The fourth-order valence-corrected chi connectivity index (χ4v) is 3.94. The van der Waals surface area contributed by atoms with E-state index in [1.54, 1.807) is 0 Å². The third-order valence-electron chi connectivity index (χ3n) is 5.56. The van der Waals surface area contributed by atoms with Gasteiger partial charge in [0.25, 0.3) is 0 Å². The van der Waals surface area contributed by atoms with Crippen molar-refractivity contribution in [2.45, 2.75) is 77.3 Å². The highest BCUT2D eigenvalue weighted by Gasteiger charge is 2.43. The van der Waals surface area contributed by atoms with E-state index in [2.05, 4.69) is 44.7 Å². The van der Waals surface area contributed by atoms with Gasteiger partial charge in [0.2, 0.25) is 0 Å². The highest BCUT2D eigenvalue weighted by Crippen LogP contribution is 2.38. The maximum atomic E-state index is 11.9. The fourth-order valence-electron chi connectivity index (χ4n) is 3.94. The van der Waals surface area contributed by atoms with E-state index >= 15 is 0 Å². The lowest BCUT2D eigenvalue weighted by molar-refractivity contribution is -0.146. The van der Waals surface area contributed by atoms with Crippen LogP contribution in [0.15, 0.2) is 24.3 Å². The Labute approximate surface area is 151 Å². The second-order valence-corrected chi connectivity index (χ2v) is 7.80. The average Bonchev–Trinajstić information content (AvgIpc) is 2.55. The van der Waals surface area contributed by atoms with Gasteiger partial charge in [0, 0.05) is 31.5 Å². The summed E-state index contributed by atoms with van der Waals surface area (Å²) in [6.45, 7) is 9.84. The topological polar surface area (TPSA) is 57.6 Å². The first-order valence-corrected chi connectivity index (χ1v) is 9.36. The minimum Gasteiger partial charge on any atom is -0.481 e. The fraction of sp³-hybridized carbons (Fsp3) is 0.619. The van der Waals surface area contributed by atoms with E-state index in [0.717, 1.165) is 18.5 Å². The van der Waals surface area contributed by atoms with Gasteiger partial charge < -0.3 is 5.11 Å². The van der Waals surface area contributed by atoms with Crippen molar-refractivity contribution in [1.82, 2.24) is 4.90 Å². The third kappa shape index (κ3) is 4.49. The molecule has 25 heavy (non-hydrogen) atoms. The number of nitrogens with zero attached hydrogens (tertiary/aromatic N) is 1. The second kappa shape index (κ2) is 8.13. The Kier molecular flexibility index (Phi) is 6.39. The molecule has 0 atom stereocenters. The van der Waals surface area contributed by atoms with Crippen LogP contribution < -0.4 is 0 Å². The van der Waals surface area contributed by atoms with E-state index in [4.69, 9.17) is 0 Å². The Morgan fingerprint density at radius 2 is 1.60 bits per heavy atom. The zero-order valence-electron chi connectivity index (χ0n) is 15.9. The van der Waals surface area contributed by atoms with Gasteiger partial charge in [-0.25, -0.2) is 0 Å². The van der Waals surface area contributed by atoms with Gasteiger partial charge in [0.15, 0.2) is 0 Å². The largest absolute Gasteiger partial charge is 0.481 e. The predicted molar refractivity (Wildman–Crippen MR) is 99.9 cm³/mol. The van der Waals surface area contributed by atoms with Gasteiger partial charge in [-0.1, -0.05) is 24.3 Å². The van der Waals surface area contributed by atoms with Crippen molar-refractivity contribution < 1.29 is 14.7 Å². The molecule has 1 aliphatic carbocycles. The molecule has 1 N–H and O–H groups in total. The van der Waals surface area contributed by atoms with Gasteiger partial charge in [-0.2, -0.15) is 0 Å². The third-order valence-corrected chi connectivity index (χ3v) is 5.56. The van der Waals surface area contributed by atoms with Crippen LogP contribution in [0.1, 0.15) is 64.5 Å². The van der Waals surface area contributed by atoms with Gasteiger partial charge in [-0.15, -0.1) is 0 Å². The molecule has 0 saturated heterocycles. The summed E-state index contributed by atoms with van der Waals surface area (Å²) in [4.78, 5) is 25.9. The summed E-state index contributed by atoms with van der Waals surface area (Å²) >= 11 is 0. The summed E-state index contributed by atoms with van der Waals surface area (Å²) in [5.41, 5.74) is 1.16. The maximum absolute atomic E-state index is 11.9. The molecule has 0 bridgehead atoms. The van der Waals surface area contributed by atoms with Crippen molar-refractivity contribution in [2.75, 3.05) is 6.54 Å². The Morgan fingerprint density at radius 3 is 2.04 bits per heavy atom. The Balaban J connectivity index is 2.10. The number of benzene rings is 1. The van der Waals surface area contributed by atoms with Crippen LogP contribution in [0.25, 0.3) is 0 Å². The predicted octanol–water partition coefficient (Wildman–Crippen LogP) is 3.81. The summed E-state index contributed by atoms with van der Waals surface area (Å²) in [5, 5.41) is 9.78. The van der Waals surface area contributed by atoms with Gasteiger partial charge in [-0.05, 0) is 58.1 Å². The van der Waals surface area contributed by atoms with Crippen molar-refractivity contribution in [3.8, 4) is 0 Å². The number of Topliss-reactive ketones (excluding diaryl/α,β-unsaturated/α-hetero) is 1. The van der Waals surface area contributed by atoms with Gasteiger partial charge in [0.1, 0.15) is 5.78 Å². The van der Waals surface area contributed by atoms with Crippen LogP contribution in [-0.2, 0) is 21.4 Å². The molecule has 1 fully saturated rings. The van der Waals surface area contributed by atoms with Crippen LogP contribution in [-0.4, -0.2) is 40.4 Å². The molecule has 1 aromatic rings. The SMILES string of the molecule is CC(C)N(CCc1ccc(C2(C(=O)O)CCC(=O)CC2)cc1)C(C)C. The van der Waals surface area contributed by atoms with Crippen molar-refractivity contribution in [3.05, 3.63) is 35.4 Å². The molecule has 1 aromatic carbocycles. The van der Waals surface area contributed by atoms with Crippen molar-refractivity contribution in [2.24, 2.45) is 0 Å². The van der Waals surface area contributed by atoms with Crippen molar-refractivity contribution in [3.63, 3.8) is 0 Å². The monoisotopic (exact) mass is 345 g/mol. The van der Waals surface area contributed by atoms with Gasteiger partial charge in [0.05, 0.1) is 5.41 Å².